The molecule has 39 heavy (non-hydrogen) atoms. The highest BCUT2D eigenvalue weighted by Crippen LogP contribution is 2.34. The number of nitrogens with zero attached hydrogens (tertiary/aromatic N) is 3. The van der Waals surface area contributed by atoms with Gasteiger partial charge in [-0.25, -0.2) is 9.37 Å². The second kappa shape index (κ2) is 12.3. The molecule has 0 radical (unpaired) electrons. The fraction of sp³-hybridized carbons (Fsp3) is 0.258. The molecule has 0 spiro atoms. The van der Waals surface area contributed by atoms with E-state index in [2.05, 4.69) is 9.88 Å². The lowest BCUT2D eigenvalue weighted by atomic mass is 9.91. The van der Waals surface area contributed by atoms with Gasteiger partial charge in [-0.2, -0.15) is 13.5 Å². The number of carbonyl (C=O) groups excluding carboxylic acids is 2. The number of imidazole rings is 1. The van der Waals surface area contributed by atoms with E-state index in [1.807, 2.05) is 68.4 Å². The van der Waals surface area contributed by atoms with E-state index in [9.17, 15) is 14.0 Å². The van der Waals surface area contributed by atoms with Crippen LogP contribution in [0.2, 0.25) is 0 Å². The molecular weight excluding hydrogens is 511 g/mol. The summed E-state index contributed by atoms with van der Waals surface area (Å²) >= 11 is 0. The molecule has 0 saturated carbocycles. The first-order chi connectivity index (χ1) is 18.4. The number of anilines is 2. The second-order valence-corrected chi connectivity index (χ2v) is 9.69. The Morgan fingerprint density at radius 2 is 1.67 bits per heavy atom. The average Bonchev–Trinajstić information content (AvgIpc) is 3.30. The predicted molar refractivity (Wildman–Crippen MR) is 157 cm³/mol. The molecule has 202 valence electrons. The quantitative estimate of drug-likeness (QED) is 0.281. The SMILES string of the molecule is CCC(=O)C[C@H](C(=O)N1CCn2c(nc(-c3ccc(F)cc3)c2Nc2ccc(C)cc2)C1)c1ccccc1.S. The van der Waals surface area contributed by atoms with E-state index in [1.165, 1.54) is 12.1 Å². The third-order valence-electron chi connectivity index (χ3n) is 7.04. The molecule has 6 nitrogen and oxygen atoms in total. The smallest absolute Gasteiger partial charge is 0.231 e. The van der Waals surface area contributed by atoms with Crippen molar-refractivity contribution in [1.29, 1.82) is 0 Å². The molecule has 1 aromatic heterocycles. The van der Waals surface area contributed by atoms with E-state index >= 15 is 0 Å². The number of ketones is 1. The highest BCUT2D eigenvalue weighted by Gasteiger charge is 2.32. The molecule has 0 bridgehead atoms. The van der Waals surface area contributed by atoms with Gasteiger partial charge < -0.3 is 14.8 Å². The topological polar surface area (TPSA) is 67.2 Å². The summed E-state index contributed by atoms with van der Waals surface area (Å²) in [6.07, 6.45) is 0.585. The maximum Gasteiger partial charge on any atom is 0.231 e. The molecule has 1 amide bonds. The number of fused-ring (bicyclic) bond motifs is 1. The monoisotopic (exact) mass is 544 g/mol. The highest BCUT2D eigenvalue weighted by atomic mass is 32.1. The number of carbonyl (C=O) groups is 2. The number of benzene rings is 3. The van der Waals surface area contributed by atoms with Gasteiger partial charge in [0.15, 0.2) is 0 Å². The minimum atomic E-state index is -0.521. The maximum atomic E-state index is 13.8. The summed E-state index contributed by atoms with van der Waals surface area (Å²) in [4.78, 5) is 32.9. The third-order valence-corrected chi connectivity index (χ3v) is 7.04. The molecule has 4 aromatic rings. The number of Topliss-reactive ketones (excluding diaryl/α,β-unsaturated/α-hetero) is 1. The van der Waals surface area contributed by atoms with Crippen molar-refractivity contribution in [3.63, 3.8) is 0 Å². The number of hydrogen-bond donors (Lipinski definition) is 1. The summed E-state index contributed by atoms with van der Waals surface area (Å²) in [7, 11) is 0. The lowest BCUT2D eigenvalue weighted by molar-refractivity contribution is -0.136. The molecule has 1 atom stereocenters. The molecule has 1 aliphatic heterocycles. The molecule has 2 heterocycles. The fourth-order valence-corrected chi connectivity index (χ4v) is 4.85. The molecule has 0 fully saturated rings. The van der Waals surface area contributed by atoms with E-state index in [-0.39, 0.29) is 37.4 Å². The van der Waals surface area contributed by atoms with Gasteiger partial charge in [-0.05, 0) is 48.9 Å². The molecule has 0 aliphatic carbocycles. The molecule has 0 saturated heterocycles. The van der Waals surface area contributed by atoms with Gasteiger partial charge in [0.2, 0.25) is 5.91 Å². The van der Waals surface area contributed by atoms with Crippen molar-refractivity contribution >= 4 is 36.7 Å². The Morgan fingerprint density at radius 1 is 0.974 bits per heavy atom. The van der Waals surface area contributed by atoms with Crippen LogP contribution >= 0.6 is 13.5 Å². The Morgan fingerprint density at radius 3 is 2.33 bits per heavy atom. The zero-order chi connectivity index (χ0) is 26.6. The van der Waals surface area contributed by atoms with Gasteiger partial charge in [0.25, 0.3) is 0 Å². The normalized spacial score (nSPS) is 13.3. The largest absolute Gasteiger partial charge is 0.340 e. The van der Waals surface area contributed by atoms with Gasteiger partial charge in [-0.15, -0.1) is 0 Å². The van der Waals surface area contributed by atoms with E-state index in [1.54, 1.807) is 17.0 Å². The Bertz CT molecular complexity index is 1440. The minimum absolute atomic E-state index is 0. The van der Waals surface area contributed by atoms with E-state index in [4.69, 9.17) is 4.98 Å². The first-order valence-corrected chi connectivity index (χ1v) is 13.0. The van der Waals surface area contributed by atoms with Crippen molar-refractivity contribution in [1.82, 2.24) is 14.5 Å². The Balaban J connectivity index is 0.00000353. The summed E-state index contributed by atoms with van der Waals surface area (Å²) < 4.78 is 15.8. The molecule has 5 rings (SSSR count). The minimum Gasteiger partial charge on any atom is -0.340 e. The molecule has 1 aliphatic rings. The van der Waals surface area contributed by atoms with Crippen LogP contribution in [-0.4, -0.2) is 32.7 Å². The van der Waals surface area contributed by atoms with Crippen LogP contribution in [0.4, 0.5) is 15.9 Å². The van der Waals surface area contributed by atoms with Gasteiger partial charge in [-0.3, -0.25) is 9.59 Å². The summed E-state index contributed by atoms with van der Waals surface area (Å²) in [5.41, 5.74) is 4.42. The van der Waals surface area contributed by atoms with Crippen LogP contribution in [0.15, 0.2) is 78.9 Å². The number of aryl methyl sites for hydroxylation is 1. The van der Waals surface area contributed by atoms with Crippen molar-refractivity contribution in [2.45, 2.75) is 45.7 Å². The molecule has 3 aromatic carbocycles. The average molecular weight is 545 g/mol. The first-order valence-electron chi connectivity index (χ1n) is 13.0. The van der Waals surface area contributed by atoms with Crippen LogP contribution in [0.1, 0.15) is 42.6 Å². The third kappa shape index (κ3) is 6.23. The summed E-state index contributed by atoms with van der Waals surface area (Å²) in [6, 6.07) is 23.9. The summed E-state index contributed by atoms with van der Waals surface area (Å²) in [5.74, 6) is 0.719. The molecule has 8 heteroatoms. The number of amides is 1. The Hall–Kier alpha value is -3.91. The summed E-state index contributed by atoms with van der Waals surface area (Å²) in [5, 5.41) is 3.51. The fourth-order valence-electron chi connectivity index (χ4n) is 4.85. The highest BCUT2D eigenvalue weighted by molar-refractivity contribution is 7.59. The van der Waals surface area contributed by atoms with Crippen molar-refractivity contribution in [2.75, 3.05) is 11.9 Å². The van der Waals surface area contributed by atoms with Gasteiger partial charge in [-0.1, -0.05) is 55.0 Å². The van der Waals surface area contributed by atoms with Crippen molar-refractivity contribution in [2.24, 2.45) is 0 Å². The number of nitrogens with one attached hydrogen (secondary N) is 1. The van der Waals surface area contributed by atoms with Crippen LogP contribution in [0.25, 0.3) is 11.3 Å². The number of rotatable bonds is 8. The van der Waals surface area contributed by atoms with Crippen molar-refractivity contribution in [3.05, 3.63) is 102 Å². The van der Waals surface area contributed by atoms with Gasteiger partial charge in [0, 0.05) is 37.2 Å². The molecular formula is C31H33FN4O2S. The van der Waals surface area contributed by atoms with Gasteiger partial charge in [0.05, 0.1) is 12.5 Å². The van der Waals surface area contributed by atoms with E-state index in [0.717, 1.165) is 34.0 Å². The van der Waals surface area contributed by atoms with Crippen LogP contribution < -0.4 is 5.32 Å². The van der Waals surface area contributed by atoms with Crippen LogP contribution in [0.3, 0.4) is 0 Å². The van der Waals surface area contributed by atoms with Crippen LogP contribution in [-0.2, 0) is 22.7 Å². The van der Waals surface area contributed by atoms with E-state index < -0.39 is 5.92 Å². The second-order valence-electron chi connectivity index (χ2n) is 9.69. The zero-order valence-electron chi connectivity index (χ0n) is 22.2. The van der Waals surface area contributed by atoms with E-state index in [0.29, 0.717) is 31.7 Å². The zero-order valence-corrected chi connectivity index (χ0v) is 23.2. The number of hydrogen-bond acceptors (Lipinski definition) is 4. The van der Waals surface area contributed by atoms with Crippen molar-refractivity contribution < 1.29 is 14.0 Å². The lowest BCUT2D eigenvalue weighted by Gasteiger charge is -2.31. The standard InChI is InChI=1S/C31H31FN4O2.H2S/c1-3-26(37)19-27(22-7-5-4-6-8-22)31(38)35-17-18-36-28(20-35)34-29(23-11-13-24(32)14-12-23)30(36)33-25-15-9-21(2)10-16-25;/h4-16,27,33H,3,17-20H2,1-2H3;1H2/t27-;/m0./s1. The van der Waals surface area contributed by atoms with Crippen LogP contribution in [0.5, 0.6) is 0 Å². The maximum absolute atomic E-state index is 13.8. The van der Waals surface area contributed by atoms with Crippen LogP contribution in [0, 0.1) is 12.7 Å². The van der Waals surface area contributed by atoms with Crippen molar-refractivity contribution in [3.8, 4) is 11.3 Å². The number of halogens is 1. The number of aromatic nitrogens is 2. The molecule has 1 N–H and O–H groups in total. The lowest BCUT2D eigenvalue weighted by Crippen LogP contribution is -2.41. The predicted octanol–water partition coefficient (Wildman–Crippen LogP) is 6.35. The first kappa shape index (κ1) is 28.1. The summed E-state index contributed by atoms with van der Waals surface area (Å²) in [6.45, 7) is 5.24. The van der Waals surface area contributed by atoms with Gasteiger partial charge in [0.1, 0.15) is 28.9 Å². The molecule has 0 unspecified atom stereocenters. The Kier molecular flexibility index (Phi) is 8.86. The Labute approximate surface area is 235 Å². The van der Waals surface area contributed by atoms with Gasteiger partial charge >= 0.3 is 0 Å².